The topological polar surface area (TPSA) is 68.2 Å². The number of fused-ring (bicyclic) bond motifs is 1. The molecule has 1 aliphatic heterocycles. The maximum absolute atomic E-state index is 10.4. The van der Waals surface area contributed by atoms with Gasteiger partial charge in [0.05, 0.1) is 20.8 Å². The van der Waals surface area contributed by atoms with Crippen molar-refractivity contribution in [3.8, 4) is 11.5 Å². The van der Waals surface area contributed by atoms with Crippen LogP contribution in [0.3, 0.4) is 0 Å². The third kappa shape index (κ3) is 4.41. The monoisotopic (exact) mass is 315 g/mol. The molecule has 1 aromatic carbocycles. The zero-order valence-electron chi connectivity index (χ0n) is 12.3. The Kier molecular flexibility index (Phi) is 5.98. The molecule has 21 heavy (non-hydrogen) atoms. The average molecular weight is 315 g/mol. The van der Waals surface area contributed by atoms with Crippen molar-refractivity contribution in [3.05, 3.63) is 23.3 Å². The summed E-state index contributed by atoms with van der Waals surface area (Å²) in [6.45, 7) is 2.94. The SMILES string of the molecule is COc1cc2c(cc1OC)CN(CCCOS(=O)O)CC2. The van der Waals surface area contributed by atoms with Gasteiger partial charge in [-0.15, -0.1) is 0 Å². The Morgan fingerprint density at radius 3 is 2.52 bits per heavy atom. The van der Waals surface area contributed by atoms with Gasteiger partial charge >= 0.3 is 11.4 Å². The summed E-state index contributed by atoms with van der Waals surface area (Å²) in [5, 5.41) is 0. The molecule has 2 rings (SSSR count). The molecule has 0 saturated heterocycles. The minimum Gasteiger partial charge on any atom is -0.493 e. The molecule has 0 aliphatic carbocycles. The Labute approximate surface area is 127 Å². The molecule has 1 unspecified atom stereocenters. The summed E-state index contributed by atoms with van der Waals surface area (Å²) >= 11 is -2.17. The second kappa shape index (κ2) is 7.74. The fourth-order valence-corrected chi connectivity index (χ4v) is 2.81. The lowest BCUT2D eigenvalue weighted by Crippen LogP contribution is -2.32. The van der Waals surface area contributed by atoms with Crippen molar-refractivity contribution < 1.29 is 22.4 Å². The molecule has 0 radical (unpaired) electrons. The minimum absolute atomic E-state index is 0.290. The first-order valence-corrected chi connectivity index (χ1v) is 7.87. The first-order valence-electron chi connectivity index (χ1n) is 6.84. The highest BCUT2D eigenvalue weighted by Gasteiger charge is 2.19. The predicted octanol–water partition coefficient (Wildman–Crippen LogP) is 1.61. The standard InChI is InChI=1S/C14H21NO5S/c1-18-13-8-11-4-6-15(5-3-7-20-21(16)17)10-12(11)9-14(13)19-2/h8-9H,3-7,10H2,1-2H3,(H,16,17). The molecule has 1 atom stereocenters. The summed E-state index contributed by atoms with van der Waals surface area (Å²) in [7, 11) is 3.28. The number of benzene rings is 1. The molecule has 0 amide bonds. The van der Waals surface area contributed by atoms with Crippen LogP contribution in [0.2, 0.25) is 0 Å². The summed E-state index contributed by atoms with van der Waals surface area (Å²) in [4.78, 5) is 2.30. The van der Waals surface area contributed by atoms with Crippen LogP contribution in [0, 0.1) is 0 Å². The van der Waals surface area contributed by atoms with E-state index >= 15 is 0 Å². The highest BCUT2D eigenvalue weighted by Crippen LogP contribution is 2.33. The van der Waals surface area contributed by atoms with Gasteiger partial charge in [0.15, 0.2) is 11.5 Å². The molecule has 0 aromatic heterocycles. The van der Waals surface area contributed by atoms with Gasteiger partial charge < -0.3 is 9.47 Å². The van der Waals surface area contributed by atoms with Crippen molar-refractivity contribution in [3.63, 3.8) is 0 Å². The molecular formula is C14H21NO5S. The number of ether oxygens (including phenoxy) is 2. The van der Waals surface area contributed by atoms with Crippen molar-refractivity contribution in [2.75, 3.05) is 33.9 Å². The summed E-state index contributed by atoms with van der Waals surface area (Å²) in [6.07, 6.45) is 1.69. The van der Waals surface area contributed by atoms with Gasteiger partial charge in [-0.25, -0.2) is 0 Å². The number of rotatable bonds is 7. The van der Waals surface area contributed by atoms with E-state index in [9.17, 15) is 4.21 Å². The van der Waals surface area contributed by atoms with Gasteiger partial charge in [-0.05, 0) is 36.1 Å². The molecule has 1 N–H and O–H groups in total. The molecule has 0 bridgehead atoms. The van der Waals surface area contributed by atoms with E-state index in [1.807, 2.05) is 12.1 Å². The second-order valence-corrected chi connectivity index (χ2v) is 5.56. The molecule has 118 valence electrons. The Balaban J connectivity index is 1.95. The summed E-state index contributed by atoms with van der Waals surface area (Å²) < 4.78 is 34.2. The van der Waals surface area contributed by atoms with Crippen LogP contribution >= 0.6 is 0 Å². The summed E-state index contributed by atoms with van der Waals surface area (Å²) in [5.74, 6) is 1.51. The molecule has 1 heterocycles. The van der Waals surface area contributed by atoms with Gasteiger partial charge in [0.2, 0.25) is 0 Å². The van der Waals surface area contributed by atoms with E-state index in [1.165, 1.54) is 11.1 Å². The van der Waals surface area contributed by atoms with Crippen LogP contribution in [-0.2, 0) is 28.5 Å². The highest BCUT2D eigenvalue weighted by atomic mass is 32.2. The van der Waals surface area contributed by atoms with E-state index in [0.717, 1.165) is 44.0 Å². The second-order valence-electron chi connectivity index (χ2n) is 4.89. The van der Waals surface area contributed by atoms with Crippen molar-refractivity contribution in [1.82, 2.24) is 4.90 Å². The molecule has 0 fully saturated rings. The van der Waals surface area contributed by atoms with Crippen LogP contribution < -0.4 is 9.47 Å². The molecule has 6 nitrogen and oxygen atoms in total. The van der Waals surface area contributed by atoms with Gasteiger partial charge in [-0.3, -0.25) is 13.6 Å². The molecule has 0 spiro atoms. The first-order chi connectivity index (χ1) is 10.1. The molecule has 7 heteroatoms. The number of hydrogen-bond acceptors (Lipinski definition) is 5. The van der Waals surface area contributed by atoms with Crippen LogP contribution in [0.4, 0.5) is 0 Å². The Morgan fingerprint density at radius 2 is 1.90 bits per heavy atom. The summed E-state index contributed by atoms with van der Waals surface area (Å²) in [5.41, 5.74) is 2.53. The normalized spacial score (nSPS) is 16.3. The van der Waals surface area contributed by atoms with Gasteiger partial charge in [0.25, 0.3) is 0 Å². The average Bonchev–Trinajstić information content (AvgIpc) is 2.49. The van der Waals surface area contributed by atoms with Gasteiger partial charge in [0.1, 0.15) is 0 Å². The van der Waals surface area contributed by atoms with Crippen LogP contribution in [0.25, 0.3) is 0 Å². The Hall–Kier alpha value is -1.15. The number of nitrogens with zero attached hydrogens (tertiary/aromatic N) is 1. The van der Waals surface area contributed by atoms with Crippen molar-refractivity contribution in [1.29, 1.82) is 0 Å². The first kappa shape index (κ1) is 16.2. The lowest BCUT2D eigenvalue weighted by atomic mass is 9.98. The van der Waals surface area contributed by atoms with Crippen LogP contribution in [0.1, 0.15) is 17.5 Å². The van der Waals surface area contributed by atoms with E-state index in [4.69, 9.17) is 14.0 Å². The van der Waals surface area contributed by atoms with Gasteiger partial charge in [-0.2, -0.15) is 4.21 Å². The van der Waals surface area contributed by atoms with Gasteiger partial charge in [0, 0.05) is 19.6 Å². The maximum Gasteiger partial charge on any atom is 0.301 e. The molecule has 0 saturated carbocycles. The molecule has 1 aliphatic rings. The van der Waals surface area contributed by atoms with E-state index in [0.29, 0.717) is 6.61 Å². The lowest BCUT2D eigenvalue weighted by molar-refractivity contribution is 0.220. The smallest absolute Gasteiger partial charge is 0.301 e. The number of hydrogen-bond donors (Lipinski definition) is 1. The predicted molar refractivity (Wildman–Crippen MR) is 79.9 cm³/mol. The highest BCUT2D eigenvalue weighted by molar-refractivity contribution is 7.74. The van der Waals surface area contributed by atoms with E-state index in [2.05, 4.69) is 9.08 Å². The number of methoxy groups -OCH3 is 2. The fourth-order valence-electron chi connectivity index (χ4n) is 2.55. The minimum atomic E-state index is -2.17. The largest absolute Gasteiger partial charge is 0.493 e. The molecule has 1 aromatic rings. The van der Waals surface area contributed by atoms with Crippen LogP contribution in [0.5, 0.6) is 11.5 Å². The van der Waals surface area contributed by atoms with E-state index < -0.39 is 11.4 Å². The summed E-state index contributed by atoms with van der Waals surface area (Å²) in [6, 6.07) is 4.07. The third-order valence-corrected chi connectivity index (χ3v) is 3.97. The van der Waals surface area contributed by atoms with E-state index in [1.54, 1.807) is 14.2 Å². The lowest BCUT2D eigenvalue weighted by Gasteiger charge is -2.29. The van der Waals surface area contributed by atoms with Crippen molar-refractivity contribution in [2.45, 2.75) is 19.4 Å². The zero-order chi connectivity index (χ0) is 15.2. The van der Waals surface area contributed by atoms with Crippen LogP contribution in [0.15, 0.2) is 12.1 Å². The Bertz CT molecular complexity index is 508. The zero-order valence-corrected chi connectivity index (χ0v) is 13.1. The van der Waals surface area contributed by atoms with Crippen LogP contribution in [-0.4, -0.2) is 47.6 Å². The third-order valence-electron chi connectivity index (χ3n) is 3.60. The molecular weight excluding hydrogens is 294 g/mol. The fraction of sp³-hybridized carbons (Fsp3) is 0.571. The van der Waals surface area contributed by atoms with E-state index in [-0.39, 0.29) is 0 Å². The van der Waals surface area contributed by atoms with Crippen molar-refractivity contribution in [2.24, 2.45) is 0 Å². The van der Waals surface area contributed by atoms with Crippen molar-refractivity contribution >= 4 is 11.4 Å². The van der Waals surface area contributed by atoms with Gasteiger partial charge in [-0.1, -0.05) is 0 Å². The quantitative estimate of drug-likeness (QED) is 0.609. The maximum atomic E-state index is 10.4. The Morgan fingerprint density at radius 1 is 1.24 bits per heavy atom.